The Morgan fingerprint density at radius 2 is 2.27 bits per heavy atom. The molecular formula is C15H26N2O4S. The zero-order valence-electron chi connectivity index (χ0n) is 13.1. The minimum absolute atomic E-state index is 0.254. The summed E-state index contributed by atoms with van der Waals surface area (Å²) in [5.41, 5.74) is 0. The van der Waals surface area contributed by atoms with Crippen LogP contribution in [0.3, 0.4) is 0 Å². The smallest absolute Gasteiger partial charge is 0.208 e. The van der Waals surface area contributed by atoms with Crippen molar-refractivity contribution < 1.29 is 17.9 Å². The zero-order valence-corrected chi connectivity index (χ0v) is 13.9. The molecule has 2 rings (SSSR count). The molecule has 0 saturated carbocycles. The quantitative estimate of drug-likeness (QED) is 0.791. The second kappa shape index (κ2) is 8.10. The van der Waals surface area contributed by atoms with Crippen LogP contribution < -0.4 is 4.72 Å². The maximum Gasteiger partial charge on any atom is 0.208 e. The lowest BCUT2D eigenvalue weighted by Crippen LogP contribution is -2.41. The summed E-state index contributed by atoms with van der Waals surface area (Å²) in [6, 6.07) is 3.82. The molecule has 126 valence electrons. The lowest BCUT2D eigenvalue weighted by molar-refractivity contribution is 0.0872. The summed E-state index contributed by atoms with van der Waals surface area (Å²) < 4.78 is 30.2. The molecule has 0 spiro atoms. The maximum absolute atomic E-state index is 11.2. The number of aliphatic hydroxyl groups is 1. The lowest BCUT2D eigenvalue weighted by Gasteiger charge is -2.31. The van der Waals surface area contributed by atoms with Crippen molar-refractivity contribution in [3.8, 4) is 0 Å². The Bertz CT molecular complexity index is 530. The number of hydrogen-bond donors (Lipinski definition) is 2. The Labute approximate surface area is 132 Å². The van der Waals surface area contributed by atoms with E-state index in [0.717, 1.165) is 25.8 Å². The number of rotatable bonds is 7. The van der Waals surface area contributed by atoms with Crippen molar-refractivity contribution >= 4 is 10.0 Å². The summed E-state index contributed by atoms with van der Waals surface area (Å²) >= 11 is 0. The molecule has 7 heteroatoms. The SMILES string of the molecule is CS(=O)(=O)NCCN1CCCCCC1CC(O)c1ccco1. The highest BCUT2D eigenvalue weighted by Crippen LogP contribution is 2.26. The molecule has 0 aliphatic carbocycles. The molecule has 0 amide bonds. The van der Waals surface area contributed by atoms with E-state index in [1.54, 1.807) is 18.4 Å². The van der Waals surface area contributed by atoms with Crippen LogP contribution >= 0.6 is 0 Å². The average Bonchev–Trinajstić information content (AvgIpc) is 2.89. The summed E-state index contributed by atoms with van der Waals surface area (Å²) in [5.74, 6) is 0.596. The van der Waals surface area contributed by atoms with Gasteiger partial charge in [-0.15, -0.1) is 0 Å². The normalized spacial score (nSPS) is 22.4. The van der Waals surface area contributed by atoms with Crippen molar-refractivity contribution in [2.75, 3.05) is 25.9 Å². The minimum Gasteiger partial charge on any atom is -0.467 e. The first-order valence-electron chi connectivity index (χ1n) is 7.86. The van der Waals surface area contributed by atoms with Crippen LogP contribution in [-0.4, -0.2) is 50.4 Å². The van der Waals surface area contributed by atoms with E-state index >= 15 is 0 Å². The number of furan rings is 1. The molecule has 1 fully saturated rings. The van der Waals surface area contributed by atoms with E-state index in [4.69, 9.17) is 4.42 Å². The van der Waals surface area contributed by atoms with E-state index in [1.807, 2.05) is 0 Å². The van der Waals surface area contributed by atoms with Crippen molar-refractivity contribution in [2.24, 2.45) is 0 Å². The summed E-state index contributed by atoms with van der Waals surface area (Å²) in [6.45, 7) is 2.02. The Morgan fingerprint density at radius 1 is 1.45 bits per heavy atom. The Balaban J connectivity index is 1.92. The first kappa shape index (κ1) is 17.5. The Kier molecular flexibility index (Phi) is 6.43. The fourth-order valence-electron chi connectivity index (χ4n) is 3.03. The topological polar surface area (TPSA) is 82.8 Å². The first-order valence-corrected chi connectivity index (χ1v) is 9.75. The molecule has 0 radical (unpaired) electrons. The molecule has 2 N–H and O–H groups in total. The molecule has 0 bridgehead atoms. The van der Waals surface area contributed by atoms with Gasteiger partial charge in [0, 0.05) is 19.1 Å². The molecule has 2 heterocycles. The summed E-state index contributed by atoms with van der Waals surface area (Å²) in [4.78, 5) is 2.29. The number of nitrogens with one attached hydrogen (secondary N) is 1. The van der Waals surface area contributed by atoms with Gasteiger partial charge in [0.15, 0.2) is 0 Å². The van der Waals surface area contributed by atoms with Crippen LogP contribution in [0.5, 0.6) is 0 Å². The zero-order chi connectivity index (χ0) is 16.0. The summed E-state index contributed by atoms with van der Waals surface area (Å²) in [6.07, 6.45) is 7.22. The van der Waals surface area contributed by atoms with Gasteiger partial charge in [-0.25, -0.2) is 13.1 Å². The largest absolute Gasteiger partial charge is 0.467 e. The molecule has 22 heavy (non-hydrogen) atoms. The fraction of sp³-hybridized carbons (Fsp3) is 0.733. The van der Waals surface area contributed by atoms with E-state index in [2.05, 4.69) is 9.62 Å². The highest BCUT2D eigenvalue weighted by atomic mass is 32.2. The number of aliphatic hydroxyl groups excluding tert-OH is 1. The average molecular weight is 330 g/mol. The van der Waals surface area contributed by atoms with Gasteiger partial charge < -0.3 is 9.52 Å². The van der Waals surface area contributed by atoms with Gasteiger partial charge >= 0.3 is 0 Å². The predicted molar refractivity (Wildman–Crippen MR) is 85.0 cm³/mol. The van der Waals surface area contributed by atoms with Gasteiger partial charge in [-0.1, -0.05) is 12.8 Å². The monoisotopic (exact) mass is 330 g/mol. The molecule has 2 atom stereocenters. The van der Waals surface area contributed by atoms with Gasteiger partial charge in [0.05, 0.1) is 12.5 Å². The van der Waals surface area contributed by atoms with Crippen LogP contribution in [0.1, 0.15) is 44.0 Å². The predicted octanol–water partition coefficient (Wildman–Crippen LogP) is 1.50. The second-order valence-electron chi connectivity index (χ2n) is 5.97. The molecule has 2 unspecified atom stereocenters. The van der Waals surface area contributed by atoms with Crippen molar-refractivity contribution in [1.29, 1.82) is 0 Å². The van der Waals surface area contributed by atoms with Gasteiger partial charge in [-0.05, 0) is 37.9 Å². The molecule has 1 aromatic heterocycles. The van der Waals surface area contributed by atoms with Crippen LogP contribution in [0, 0.1) is 0 Å². The van der Waals surface area contributed by atoms with Crippen molar-refractivity contribution in [2.45, 2.75) is 44.2 Å². The van der Waals surface area contributed by atoms with Gasteiger partial charge in [0.2, 0.25) is 10.0 Å². The molecule has 1 saturated heterocycles. The van der Waals surface area contributed by atoms with Gasteiger partial charge in [0.25, 0.3) is 0 Å². The first-order chi connectivity index (χ1) is 10.5. The van der Waals surface area contributed by atoms with E-state index in [1.165, 1.54) is 12.7 Å². The third-order valence-corrected chi connectivity index (χ3v) is 4.86. The van der Waals surface area contributed by atoms with Crippen LogP contribution in [-0.2, 0) is 10.0 Å². The standard InChI is InChI=1S/C15H26N2O4S/c1-22(19,20)16-8-10-17-9-4-2-3-6-13(17)12-14(18)15-7-5-11-21-15/h5,7,11,13-14,16,18H,2-4,6,8-10,12H2,1H3. The Hall–Kier alpha value is -0.890. The highest BCUT2D eigenvalue weighted by molar-refractivity contribution is 7.88. The highest BCUT2D eigenvalue weighted by Gasteiger charge is 2.25. The van der Waals surface area contributed by atoms with E-state index in [-0.39, 0.29) is 6.04 Å². The van der Waals surface area contributed by atoms with Gasteiger partial charge in [0.1, 0.15) is 11.9 Å². The third-order valence-electron chi connectivity index (χ3n) is 4.13. The van der Waals surface area contributed by atoms with E-state index < -0.39 is 16.1 Å². The molecular weight excluding hydrogens is 304 g/mol. The van der Waals surface area contributed by atoms with E-state index in [0.29, 0.717) is 25.3 Å². The number of sulfonamides is 1. The number of likely N-dealkylation sites (tertiary alicyclic amines) is 1. The van der Waals surface area contributed by atoms with Crippen LogP contribution in [0.4, 0.5) is 0 Å². The maximum atomic E-state index is 11.2. The molecule has 1 aromatic rings. The Morgan fingerprint density at radius 3 is 2.95 bits per heavy atom. The second-order valence-corrected chi connectivity index (χ2v) is 7.81. The summed E-state index contributed by atoms with van der Waals surface area (Å²) in [5, 5.41) is 10.3. The summed E-state index contributed by atoms with van der Waals surface area (Å²) in [7, 11) is -3.15. The third kappa shape index (κ3) is 5.72. The minimum atomic E-state index is -3.15. The molecule has 0 aromatic carbocycles. The van der Waals surface area contributed by atoms with Crippen LogP contribution in [0.25, 0.3) is 0 Å². The fourth-order valence-corrected chi connectivity index (χ4v) is 3.49. The van der Waals surface area contributed by atoms with Crippen LogP contribution in [0.15, 0.2) is 22.8 Å². The van der Waals surface area contributed by atoms with E-state index in [9.17, 15) is 13.5 Å². The van der Waals surface area contributed by atoms with Gasteiger partial charge in [-0.3, -0.25) is 4.90 Å². The van der Waals surface area contributed by atoms with Crippen molar-refractivity contribution in [3.63, 3.8) is 0 Å². The van der Waals surface area contributed by atoms with Gasteiger partial charge in [-0.2, -0.15) is 0 Å². The van der Waals surface area contributed by atoms with Crippen LogP contribution in [0.2, 0.25) is 0 Å². The lowest BCUT2D eigenvalue weighted by atomic mass is 10.0. The van der Waals surface area contributed by atoms with Crippen molar-refractivity contribution in [1.82, 2.24) is 9.62 Å². The number of nitrogens with zero attached hydrogens (tertiary/aromatic N) is 1. The van der Waals surface area contributed by atoms with Crippen molar-refractivity contribution in [3.05, 3.63) is 24.2 Å². The molecule has 6 nitrogen and oxygen atoms in total. The molecule has 1 aliphatic rings. The molecule has 1 aliphatic heterocycles. The number of hydrogen-bond acceptors (Lipinski definition) is 5.